The van der Waals surface area contributed by atoms with Crippen molar-refractivity contribution in [3.05, 3.63) is 22.7 Å². The first-order valence-electron chi connectivity index (χ1n) is 12.3. The number of thiophene rings is 1. The number of amides is 2. The second kappa shape index (κ2) is 10.2. The molecule has 1 saturated carbocycles. The predicted molar refractivity (Wildman–Crippen MR) is 136 cm³/mol. The minimum Gasteiger partial charge on any atom is -0.351 e. The van der Waals surface area contributed by atoms with Crippen LogP contribution in [0.1, 0.15) is 81.1 Å². The van der Waals surface area contributed by atoms with E-state index in [0.717, 1.165) is 53.1 Å². The molecule has 1 atom stereocenters. The number of hydrogen-bond acceptors (Lipinski definition) is 4. The zero-order valence-corrected chi connectivity index (χ0v) is 21.4. The topological polar surface area (TPSA) is 54.3 Å². The lowest BCUT2D eigenvalue weighted by molar-refractivity contribution is -0.133. The maximum absolute atomic E-state index is 13.7. The molecule has 0 spiro atoms. The number of thioether (sulfide) groups is 1. The first-order chi connectivity index (χ1) is 15.5. The molecule has 2 aromatic rings. The molecule has 0 radical (unpaired) electrons. The summed E-state index contributed by atoms with van der Waals surface area (Å²) in [5.41, 5.74) is 0.972. The summed E-state index contributed by atoms with van der Waals surface area (Å²) >= 11 is 3.70. The monoisotopic (exact) mass is 475 g/mol. The van der Waals surface area contributed by atoms with Gasteiger partial charge in [-0.25, -0.2) is 0 Å². The van der Waals surface area contributed by atoms with E-state index >= 15 is 0 Å². The summed E-state index contributed by atoms with van der Waals surface area (Å²) < 4.78 is 3.26. The van der Waals surface area contributed by atoms with Crippen molar-refractivity contribution in [3.63, 3.8) is 0 Å². The van der Waals surface area contributed by atoms with Crippen LogP contribution in [0.2, 0.25) is 0 Å². The molecule has 7 heteroatoms. The second-order valence-corrected chi connectivity index (χ2v) is 11.8. The highest BCUT2D eigenvalue weighted by molar-refractivity contribution is 7.99. The van der Waals surface area contributed by atoms with Crippen molar-refractivity contribution in [3.8, 4) is 0 Å². The highest BCUT2D eigenvalue weighted by Gasteiger charge is 2.48. The first kappa shape index (κ1) is 23.7. The van der Waals surface area contributed by atoms with Gasteiger partial charge in [0.2, 0.25) is 5.91 Å². The summed E-state index contributed by atoms with van der Waals surface area (Å²) in [5.74, 6) is 2.18. The first-order valence-corrected chi connectivity index (χ1v) is 14.3. The Morgan fingerprint density at radius 3 is 2.72 bits per heavy atom. The van der Waals surface area contributed by atoms with Crippen molar-refractivity contribution >= 4 is 45.1 Å². The minimum absolute atomic E-state index is 0.000478. The van der Waals surface area contributed by atoms with Crippen LogP contribution in [0.15, 0.2) is 12.1 Å². The van der Waals surface area contributed by atoms with E-state index in [-0.39, 0.29) is 17.9 Å². The summed E-state index contributed by atoms with van der Waals surface area (Å²) in [5, 5.41) is 3.33. The van der Waals surface area contributed by atoms with Gasteiger partial charge in [0, 0.05) is 17.5 Å². The van der Waals surface area contributed by atoms with Crippen molar-refractivity contribution in [1.82, 2.24) is 14.8 Å². The van der Waals surface area contributed by atoms with Gasteiger partial charge >= 0.3 is 0 Å². The van der Waals surface area contributed by atoms with Crippen LogP contribution in [0.4, 0.5) is 0 Å². The molecule has 0 bridgehead atoms. The van der Waals surface area contributed by atoms with Gasteiger partial charge in [0.15, 0.2) is 0 Å². The summed E-state index contributed by atoms with van der Waals surface area (Å²) in [6.45, 7) is 7.48. The van der Waals surface area contributed by atoms with E-state index in [4.69, 9.17) is 0 Å². The predicted octanol–water partition coefficient (Wildman–Crippen LogP) is 5.46. The fraction of sp³-hybridized carbons (Fsp3) is 0.680. The third-order valence-electron chi connectivity index (χ3n) is 6.96. The molecule has 1 fully saturated rings. The van der Waals surface area contributed by atoms with Gasteiger partial charge in [0.25, 0.3) is 5.91 Å². The normalized spacial score (nSPS) is 21.8. The van der Waals surface area contributed by atoms with Gasteiger partial charge < -0.3 is 14.8 Å². The Labute approximate surface area is 200 Å². The highest BCUT2D eigenvalue weighted by Crippen LogP contribution is 2.36. The van der Waals surface area contributed by atoms with E-state index < -0.39 is 5.54 Å². The van der Waals surface area contributed by atoms with E-state index in [1.54, 1.807) is 11.3 Å². The number of hydrogen-bond donors (Lipinski definition) is 1. The van der Waals surface area contributed by atoms with Crippen LogP contribution >= 0.6 is 23.1 Å². The summed E-state index contributed by atoms with van der Waals surface area (Å²) in [7, 11) is 0. The Morgan fingerprint density at radius 2 is 2.00 bits per heavy atom. The maximum Gasteiger partial charge on any atom is 0.271 e. The summed E-state index contributed by atoms with van der Waals surface area (Å²) in [6, 6.07) is 4.48. The Bertz CT molecular complexity index is 960. The number of aromatic nitrogens is 1. The van der Waals surface area contributed by atoms with Crippen molar-refractivity contribution < 1.29 is 9.59 Å². The molecular formula is C25H37N3O2S2. The maximum atomic E-state index is 13.7. The fourth-order valence-electron chi connectivity index (χ4n) is 5.07. The lowest BCUT2D eigenvalue weighted by atomic mass is 9.91. The number of nitrogens with zero attached hydrogens (tertiary/aromatic N) is 2. The Balaban J connectivity index is 1.62. The smallest absolute Gasteiger partial charge is 0.271 e. The molecule has 2 aromatic heterocycles. The molecule has 4 rings (SSSR count). The zero-order chi connectivity index (χ0) is 22.7. The number of carbonyl (C=O) groups excluding carboxylic acids is 2. The lowest BCUT2D eigenvalue weighted by Gasteiger charge is -2.45. The van der Waals surface area contributed by atoms with Crippen molar-refractivity contribution in [1.29, 1.82) is 0 Å². The molecule has 2 aliphatic rings. The Kier molecular flexibility index (Phi) is 7.55. The third kappa shape index (κ3) is 4.60. The van der Waals surface area contributed by atoms with E-state index in [2.05, 4.69) is 29.8 Å². The summed E-state index contributed by atoms with van der Waals surface area (Å²) in [6.07, 6.45) is 8.78. The van der Waals surface area contributed by atoms with Gasteiger partial charge in [-0.3, -0.25) is 9.59 Å². The molecule has 2 amide bonds. The average Bonchev–Trinajstić information content (AvgIpc) is 3.35. The van der Waals surface area contributed by atoms with Crippen molar-refractivity contribution in [2.45, 2.75) is 90.3 Å². The van der Waals surface area contributed by atoms with Crippen LogP contribution < -0.4 is 5.32 Å². The number of fused-ring (bicyclic) bond motifs is 3. The van der Waals surface area contributed by atoms with E-state index in [1.807, 2.05) is 29.7 Å². The molecule has 1 aliphatic carbocycles. The van der Waals surface area contributed by atoms with Crippen LogP contribution in [-0.4, -0.2) is 50.9 Å². The molecule has 1 aliphatic heterocycles. The van der Waals surface area contributed by atoms with E-state index in [9.17, 15) is 9.59 Å². The van der Waals surface area contributed by atoms with Gasteiger partial charge in [-0.1, -0.05) is 33.1 Å². The molecule has 3 heterocycles. The highest BCUT2D eigenvalue weighted by atomic mass is 32.2. The molecule has 1 N–H and O–H groups in total. The van der Waals surface area contributed by atoms with Gasteiger partial charge in [0.05, 0.1) is 16.8 Å². The third-order valence-corrected chi connectivity index (χ3v) is 9.45. The summed E-state index contributed by atoms with van der Waals surface area (Å²) in [4.78, 5) is 30.6. The van der Waals surface area contributed by atoms with E-state index in [0.29, 0.717) is 13.1 Å². The molecule has 0 saturated heterocycles. The zero-order valence-electron chi connectivity index (χ0n) is 19.7. The van der Waals surface area contributed by atoms with Crippen molar-refractivity contribution in [2.75, 3.05) is 18.1 Å². The van der Waals surface area contributed by atoms with Crippen LogP contribution in [0.3, 0.4) is 0 Å². The molecule has 0 unspecified atom stereocenters. The van der Waals surface area contributed by atoms with Crippen molar-refractivity contribution in [2.24, 2.45) is 0 Å². The van der Waals surface area contributed by atoms with Crippen LogP contribution in [0, 0.1) is 0 Å². The minimum atomic E-state index is -0.864. The number of aryl methyl sites for hydroxylation is 1. The van der Waals surface area contributed by atoms with Crippen LogP contribution in [0.5, 0.6) is 0 Å². The largest absolute Gasteiger partial charge is 0.351 e. The molecule has 176 valence electrons. The number of rotatable bonds is 9. The Morgan fingerprint density at radius 1 is 1.22 bits per heavy atom. The second-order valence-electron chi connectivity index (χ2n) is 9.44. The molecular weight excluding hydrogens is 438 g/mol. The SMILES string of the molecule is CCCSCCCN1C(=O)c2cc3sc(CC)cc3n2C[C@]1(C)C(=O)NC1CCCCC1. The van der Waals surface area contributed by atoms with Gasteiger partial charge in [0.1, 0.15) is 11.2 Å². The van der Waals surface area contributed by atoms with Crippen LogP contribution in [0.25, 0.3) is 10.2 Å². The lowest BCUT2D eigenvalue weighted by Crippen LogP contribution is -2.65. The standard InChI is InChI=1S/C25H37N3O2S2/c1-4-13-31-14-9-12-28-23(29)21-16-22-20(15-19(5-2)32-22)27(21)17-25(28,3)24(30)26-18-10-7-6-8-11-18/h15-16,18H,4-14,17H2,1-3H3,(H,26,30)/t25-/m1/s1. The average molecular weight is 476 g/mol. The van der Waals surface area contributed by atoms with Gasteiger partial charge in [-0.2, -0.15) is 11.8 Å². The van der Waals surface area contributed by atoms with Crippen LogP contribution in [-0.2, 0) is 17.8 Å². The number of nitrogens with one attached hydrogen (secondary N) is 1. The quantitative estimate of drug-likeness (QED) is 0.490. The van der Waals surface area contributed by atoms with Gasteiger partial charge in [-0.15, -0.1) is 11.3 Å². The van der Waals surface area contributed by atoms with Gasteiger partial charge in [-0.05, 0) is 62.7 Å². The molecule has 0 aromatic carbocycles. The molecule has 5 nitrogen and oxygen atoms in total. The fourth-order valence-corrected chi connectivity index (χ4v) is 6.94. The number of carbonyl (C=O) groups is 2. The molecule has 32 heavy (non-hydrogen) atoms. The Hall–Kier alpha value is -1.47. The van der Waals surface area contributed by atoms with E-state index in [1.165, 1.54) is 30.6 Å².